The first-order valence-electron chi connectivity index (χ1n) is 8.98. The second-order valence-corrected chi connectivity index (χ2v) is 8.12. The minimum atomic E-state index is -0.299. The van der Waals surface area contributed by atoms with E-state index in [0.717, 1.165) is 23.4 Å². The van der Waals surface area contributed by atoms with Crippen LogP contribution in [0.5, 0.6) is 0 Å². The molecule has 27 heavy (non-hydrogen) atoms. The highest BCUT2D eigenvalue weighted by molar-refractivity contribution is 8.00. The number of hydrogen-bond acceptors (Lipinski definition) is 5. The van der Waals surface area contributed by atoms with Crippen LogP contribution in [-0.2, 0) is 11.2 Å². The number of rotatable bonds is 4. The van der Waals surface area contributed by atoms with E-state index >= 15 is 0 Å². The molecule has 1 aromatic heterocycles. The number of aromatic nitrogens is 4. The van der Waals surface area contributed by atoms with Gasteiger partial charge in [0.05, 0.1) is 10.9 Å². The second-order valence-electron chi connectivity index (χ2n) is 6.81. The zero-order valence-electron chi connectivity index (χ0n) is 15.5. The summed E-state index contributed by atoms with van der Waals surface area (Å²) in [6.07, 6.45) is 0.889. The zero-order chi connectivity index (χ0) is 19.0. The van der Waals surface area contributed by atoms with Gasteiger partial charge >= 0.3 is 0 Å². The summed E-state index contributed by atoms with van der Waals surface area (Å²) in [5.41, 5.74) is 4.23. The molecule has 7 heteroatoms. The van der Waals surface area contributed by atoms with E-state index in [1.165, 1.54) is 17.3 Å². The monoisotopic (exact) mass is 379 g/mol. The fraction of sp³-hybridized carbons (Fsp3) is 0.300. The molecule has 0 aliphatic carbocycles. The number of carbonyl (C=O) groups is 1. The van der Waals surface area contributed by atoms with E-state index in [4.69, 9.17) is 0 Å². The Morgan fingerprint density at radius 3 is 2.63 bits per heavy atom. The Labute approximate surface area is 162 Å². The van der Waals surface area contributed by atoms with Gasteiger partial charge in [-0.25, -0.2) is 0 Å². The van der Waals surface area contributed by atoms with Crippen LogP contribution < -0.4 is 4.90 Å². The Kier molecular flexibility index (Phi) is 4.70. The van der Waals surface area contributed by atoms with Crippen LogP contribution in [0, 0.1) is 6.92 Å². The van der Waals surface area contributed by atoms with Crippen LogP contribution in [-0.4, -0.2) is 37.4 Å². The SMILES string of the molecule is Cc1ccccc1-n1nnnc1S[C@@H](C)C(=O)N1c2ccccc2C[C@@H]1C. The molecule has 0 unspecified atom stereocenters. The van der Waals surface area contributed by atoms with Crippen LogP contribution in [0.4, 0.5) is 5.69 Å². The van der Waals surface area contributed by atoms with Gasteiger partial charge in [-0.1, -0.05) is 48.2 Å². The molecule has 1 amide bonds. The predicted octanol–water partition coefficient (Wildman–Crippen LogP) is 3.43. The lowest BCUT2D eigenvalue weighted by Crippen LogP contribution is -2.40. The number of thioether (sulfide) groups is 1. The summed E-state index contributed by atoms with van der Waals surface area (Å²) in [7, 11) is 0. The Morgan fingerprint density at radius 2 is 1.85 bits per heavy atom. The number of fused-ring (bicyclic) bond motifs is 1. The molecule has 0 saturated carbocycles. The van der Waals surface area contributed by atoms with E-state index in [2.05, 4.69) is 28.5 Å². The summed E-state index contributed by atoms with van der Waals surface area (Å²) in [6, 6.07) is 16.2. The van der Waals surface area contributed by atoms with E-state index in [1.54, 1.807) is 4.68 Å². The molecule has 0 N–H and O–H groups in total. The first-order valence-corrected chi connectivity index (χ1v) is 9.86. The summed E-state index contributed by atoms with van der Waals surface area (Å²) < 4.78 is 1.70. The number of carbonyl (C=O) groups excluding carboxylic acids is 1. The van der Waals surface area contributed by atoms with Crippen LogP contribution in [0.25, 0.3) is 5.69 Å². The van der Waals surface area contributed by atoms with Gasteiger partial charge in [0.25, 0.3) is 0 Å². The average molecular weight is 379 g/mol. The van der Waals surface area contributed by atoms with Gasteiger partial charge in [0.2, 0.25) is 11.1 Å². The number of amides is 1. The van der Waals surface area contributed by atoms with Gasteiger partial charge in [0.1, 0.15) is 0 Å². The maximum Gasteiger partial charge on any atom is 0.240 e. The maximum atomic E-state index is 13.2. The zero-order valence-corrected chi connectivity index (χ0v) is 16.3. The predicted molar refractivity (Wildman–Crippen MR) is 106 cm³/mol. The third-order valence-corrected chi connectivity index (χ3v) is 5.88. The molecule has 3 aromatic rings. The fourth-order valence-electron chi connectivity index (χ4n) is 3.51. The van der Waals surface area contributed by atoms with Crippen molar-refractivity contribution in [3.05, 3.63) is 59.7 Å². The highest BCUT2D eigenvalue weighted by Gasteiger charge is 2.34. The number of anilines is 1. The van der Waals surface area contributed by atoms with Gasteiger partial charge in [-0.05, 0) is 60.9 Å². The van der Waals surface area contributed by atoms with Crippen molar-refractivity contribution in [1.82, 2.24) is 20.2 Å². The Morgan fingerprint density at radius 1 is 1.15 bits per heavy atom. The molecule has 2 aromatic carbocycles. The van der Waals surface area contributed by atoms with E-state index < -0.39 is 0 Å². The van der Waals surface area contributed by atoms with Crippen molar-refractivity contribution >= 4 is 23.4 Å². The number of nitrogens with zero attached hydrogens (tertiary/aromatic N) is 5. The molecule has 4 rings (SSSR count). The molecule has 6 nitrogen and oxygen atoms in total. The normalized spacial score (nSPS) is 17.0. The molecule has 0 bridgehead atoms. The van der Waals surface area contributed by atoms with Crippen molar-refractivity contribution in [2.75, 3.05) is 4.90 Å². The molecular formula is C20H21N5OS. The van der Waals surface area contributed by atoms with Crippen molar-refractivity contribution in [2.45, 2.75) is 43.6 Å². The van der Waals surface area contributed by atoms with Gasteiger partial charge in [-0.3, -0.25) is 4.79 Å². The van der Waals surface area contributed by atoms with Gasteiger partial charge in [-0.15, -0.1) is 5.10 Å². The quantitative estimate of drug-likeness (QED) is 0.650. The van der Waals surface area contributed by atoms with E-state index in [-0.39, 0.29) is 17.2 Å². The van der Waals surface area contributed by atoms with E-state index in [9.17, 15) is 4.79 Å². The molecule has 0 saturated heterocycles. The number of hydrogen-bond donors (Lipinski definition) is 0. The van der Waals surface area contributed by atoms with Crippen molar-refractivity contribution < 1.29 is 4.79 Å². The first kappa shape index (κ1) is 17.7. The molecule has 138 valence electrons. The third-order valence-electron chi connectivity index (χ3n) is 4.86. The summed E-state index contributed by atoms with van der Waals surface area (Å²) in [5, 5.41) is 12.4. The fourth-order valence-corrected chi connectivity index (χ4v) is 4.36. The minimum absolute atomic E-state index is 0.0804. The Balaban J connectivity index is 1.57. The summed E-state index contributed by atoms with van der Waals surface area (Å²) in [6.45, 7) is 6.02. The number of benzene rings is 2. The van der Waals surface area contributed by atoms with Crippen LogP contribution in [0.1, 0.15) is 25.0 Å². The van der Waals surface area contributed by atoms with Crippen LogP contribution in [0.15, 0.2) is 53.7 Å². The van der Waals surface area contributed by atoms with E-state index in [0.29, 0.717) is 5.16 Å². The molecule has 2 heterocycles. The lowest BCUT2D eigenvalue weighted by molar-refractivity contribution is -0.118. The average Bonchev–Trinajstić information content (AvgIpc) is 3.24. The Bertz CT molecular complexity index is 986. The van der Waals surface area contributed by atoms with Gasteiger partial charge in [0, 0.05) is 11.7 Å². The largest absolute Gasteiger partial charge is 0.308 e. The maximum absolute atomic E-state index is 13.2. The minimum Gasteiger partial charge on any atom is -0.308 e. The molecular weight excluding hydrogens is 358 g/mol. The second kappa shape index (κ2) is 7.15. The summed E-state index contributed by atoms with van der Waals surface area (Å²) in [5.74, 6) is 0.0804. The molecule has 0 fully saturated rings. The number of aryl methyl sites for hydroxylation is 1. The first-order chi connectivity index (χ1) is 13.1. The van der Waals surface area contributed by atoms with Crippen molar-refractivity contribution in [1.29, 1.82) is 0 Å². The summed E-state index contributed by atoms with van der Waals surface area (Å²) >= 11 is 1.39. The number of tetrazole rings is 1. The summed E-state index contributed by atoms with van der Waals surface area (Å²) in [4.78, 5) is 15.1. The molecule has 0 spiro atoms. The highest BCUT2D eigenvalue weighted by atomic mass is 32.2. The van der Waals surface area contributed by atoms with Crippen LogP contribution >= 0.6 is 11.8 Å². The van der Waals surface area contributed by atoms with Crippen LogP contribution in [0.3, 0.4) is 0 Å². The van der Waals surface area contributed by atoms with Gasteiger partial charge < -0.3 is 4.90 Å². The molecule has 1 aliphatic rings. The highest BCUT2D eigenvalue weighted by Crippen LogP contribution is 2.34. The van der Waals surface area contributed by atoms with Gasteiger partial charge in [0.15, 0.2) is 0 Å². The van der Waals surface area contributed by atoms with Gasteiger partial charge in [-0.2, -0.15) is 4.68 Å². The van der Waals surface area contributed by atoms with E-state index in [1.807, 2.05) is 61.2 Å². The van der Waals surface area contributed by atoms with Crippen molar-refractivity contribution in [3.8, 4) is 5.69 Å². The molecule has 1 aliphatic heterocycles. The van der Waals surface area contributed by atoms with Crippen molar-refractivity contribution in [2.24, 2.45) is 0 Å². The molecule has 0 radical (unpaired) electrons. The lowest BCUT2D eigenvalue weighted by Gasteiger charge is -2.25. The number of para-hydroxylation sites is 2. The third kappa shape index (κ3) is 3.23. The Hall–Kier alpha value is -2.67. The smallest absolute Gasteiger partial charge is 0.240 e. The van der Waals surface area contributed by atoms with Crippen LogP contribution in [0.2, 0.25) is 0 Å². The lowest BCUT2D eigenvalue weighted by atomic mass is 10.1. The van der Waals surface area contributed by atoms with Crippen molar-refractivity contribution in [3.63, 3.8) is 0 Å². The molecule has 2 atom stereocenters. The topological polar surface area (TPSA) is 63.9 Å². The standard InChI is InChI=1S/C20H21N5OS/c1-13-8-4-6-10-17(13)25-20(21-22-23-25)27-15(3)19(26)24-14(2)12-16-9-5-7-11-18(16)24/h4-11,14-15H,12H2,1-3H3/t14-,15-/m0/s1.